The topological polar surface area (TPSA) is 102 Å². The molecule has 7 nitrogen and oxygen atoms in total. The van der Waals surface area contributed by atoms with Crippen LogP contribution in [0.15, 0.2) is 66.7 Å². The summed E-state index contributed by atoms with van der Waals surface area (Å²) in [7, 11) is 3.22. The van der Waals surface area contributed by atoms with Gasteiger partial charge in [0.15, 0.2) is 0 Å². The highest BCUT2D eigenvalue weighted by molar-refractivity contribution is 6.13. The number of nitrogens with zero attached hydrogens (tertiary/aromatic N) is 3. The number of aromatic nitrogens is 2. The van der Waals surface area contributed by atoms with Crippen molar-refractivity contribution < 1.29 is 14.6 Å². The highest BCUT2D eigenvalue weighted by Gasteiger charge is 2.22. The number of aliphatic hydroxyl groups is 1. The third-order valence-corrected chi connectivity index (χ3v) is 5.17. The summed E-state index contributed by atoms with van der Waals surface area (Å²) in [6.07, 6.45) is 0. The predicted octanol–water partition coefficient (Wildman–Crippen LogP) is 3.66. The molecule has 1 heterocycles. The van der Waals surface area contributed by atoms with Crippen LogP contribution in [0.4, 0.5) is 11.6 Å². The van der Waals surface area contributed by atoms with Crippen molar-refractivity contribution in [3.05, 3.63) is 78.0 Å². The molecular formula is C24H22N4O3. The molecule has 31 heavy (non-hydrogen) atoms. The van der Waals surface area contributed by atoms with Gasteiger partial charge in [-0.2, -0.15) is 0 Å². The third-order valence-electron chi connectivity index (χ3n) is 5.17. The Balaban J connectivity index is 1.86. The van der Waals surface area contributed by atoms with Crippen molar-refractivity contribution in [3.63, 3.8) is 0 Å². The van der Waals surface area contributed by atoms with E-state index < -0.39 is 0 Å². The van der Waals surface area contributed by atoms with Crippen LogP contribution in [0, 0.1) is 0 Å². The number of carbonyl (C=O) groups excluding carboxylic acids is 1. The minimum atomic E-state index is -0.337. The summed E-state index contributed by atoms with van der Waals surface area (Å²) in [6.45, 7) is -0.0885. The summed E-state index contributed by atoms with van der Waals surface area (Å²) in [4.78, 5) is 23.5. The average Bonchev–Trinajstić information content (AvgIpc) is 2.82. The standard InChI is InChI=1S/C24H22N4O3/c1-28(20-9-5-6-10-21(20)31-2)23(30)22-18-13-15(11-12-19(18)26-24(25)27-22)17-8-4-3-7-16(17)14-29/h3-13,29H,14H2,1-2H3,(H2,25,26,27). The van der Waals surface area contributed by atoms with Crippen molar-refractivity contribution in [2.24, 2.45) is 0 Å². The number of hydrogen-bond acceptors (Lipinski definition) is 6. The molecule has 1 aromatic heterocycles. The van der Waals surface area contributed by atoms with E-state index in [0.29, 0.717) is 22.3 Å². The Morgan fingerprint density at radius 3 is 2.58 bits per heavy atom. The van der Waals surface area contributed by atoms with E-state index in [9.17, 15) is 9.90 Å². The minimum absolute atomic E-state index is 0.0211. The van der Waals surface area contributed by atoms with E-state index in [1.807, 2.05) is 48.5 Å². The lowest BCUT2D eigenvalue weighted by Crippen LogP contribution is -2.28. The lowest BCUT2D eigenvalue weighted by molar-refractivity contribution is 0.0989. The lowest BCUT2D eigenvalue weighted by Gasteiger charge is -2.20. The molecule has 0 saturated carbocycles. The summed E-state index contributed by atoms with van der Waals surface area (Å²) in [5, 5.41) is 10.3. The first-order valence-electron chi connectivity index (χ1n) is 9.71. The zero-order valence-electron chi connectivity index (χ0n) is 17.2. The second kappa shape index (κ2) is 8.41. The highest BCUT2D eigenvalue weighted by atomic mass is 16.5. The smallest absolute Gasteiger partial charge is 0.277 e. The first-order valence-corrected chi connectivity index (χ1v) is 9.71. The Bertz CT molecular complexity index is 1270. The Hall–Kier alpha value is -3.97. The van der Waals surface area contributed by atoms with Crippen molar-refractivity contribution in [2.45, 2.75) is 6.61 Å². The van der Waals surface area contributed by atoms with Crippen LogP contribution in [-0.4, -0.2) is 35.1 Å². The van der Waals surface area contributed by atoms with Crippen LogP contribution in [0.25, 0.3) is 22.0 Å². The van der Waals surface area contributed by atoms with Crippen LogP contribution in [0.3, 0.4) is 0 Å². The van der Waals surface area contributed by atoms with Crippen LogP contribution in [0.2, 0.25) is 0 Å². The fourth-order valence-electron chi connectivity index (χ4n) is 3.59. The molecule has 0 spiro atoms. The van der Waals surface area contributed by atoms with E-state index in [2.05, 4.69) is 9.97 Å². The van der Waals surface area contributed by atoms with Gasteiger partial charge in [-0.1, -0.05) is 42.5 Å². The molecule has 4 aromatic rings. The molecule has 0 bridgehead atoms. The Labute approximate surface area is 179 Å². The van der Waals surface area contributed by atoms with E-state index in [-0.39, 0.29) is 24.2 Å². The first kappa shape index (κ1) is 20.3. The fraction of sp³-hybridized carbons (Fsp3) is 0.125. The molecule has 3 N–H and O–H groups in total. The molecule has 0 unspecified atom stereocenters. The zero-order chi connectivity index (χ0) is 22.0. The minimum Gasteiger partial charge on any atom is -0.495 e. The maximum absolute atomic E-state index is 13.4. The number of fused-ring (bicyclic) bond motifs is 1. The van der Waals surface area contributed by atoms with Gasteiger partial charge in [-0.15, -0.1) is 0 Å². The van der Waals surface area contributed by atoms with Crippen molar-refractivity contribution in [1.29, 1.82) is 0 Å². The van der Waals surface area contributed by atoms with Gasteiger partial charge in [-0.3, -0.25) is 4.79 Å². The maximum Gasteiger partial charge on any atom is 0.277 e. The number of amides is 1. The quantitative estimate of drug-likeness (QED) is 0.517. The number of nitrogen functional groups attached to an aromatic ring is 1. The lowest BCUT2D eigenvalue weighted by atomic mass is 9.98. The van der Waals surface area contributed by atoms with Gasteiger partial charge in [0.1, 0.15) is 11.4 Å². The van der Waals surface area contributed by atoms with Crippen molar-refractivity contribution in [3.8, 4) is 16.9 Å². The van der Waals surface area contributed by atoms with Gasteiger partial charge in [0, 0.05) is 12.4 Å². The SMILES string of the molecule is COc1ccccc1N(C)C(=O)c1nc(N)nc2ccc(-c3ccccc3CO)cc12. The largest absolute Gasteiger partial charge is 0.495 e. The van der Waals surface area contributed by atoms with Crippen molar-refractivity contribution >= 4 is 28.4 Å². The van der Waals surface area contributed by atoms with Gasteiger partial charge < -0.3 is 20.5 Å². The maximum atomic E-state index is 13.4. The number of para-hydroxylation sites is 2. The predicted molar refractivity (Wildman–Crippen MR) is 121 cm³/mol. The molecule has 0 aliphatic heterocycles. The Morgan fingerprint density at radius 2 is 1.81 bits per heavy atom. The van der Waals surface area contributed by atoms with Gasteiger partial charge in [0.25, 0.3) is 5.91 Å². The fourth-order valence-corrected chi connectivity index (χ4v) is 3.59. The Morgan fingerprint density at radius 1 is 1.06 bits per heavy atom. The highest BCUT2D eigenvalue weighted by Crippen LogP contribution is 2.31. The number of rotatable bonds is 5. The summed E-state index contributed by atoms with van der Waals surface area (Å²) >= 11 is 0. The Kier molecular flexibility index (Phi) is 5.51. The van der Waals surface area contributed by atoms with Crippen LogP contribution >= 0.6 is 0 Å². The second-order valence-electron chi connectivity index (χ2n) is 7.01. The number of aliphatic hydroxyl groups excluding tert-OH is 1. The molecule has 3 aromatic carbocycles. The molecule has 0 aliphatic rings. The normalized spacial score (nSPS) is 10.8. The van der Waals surface area contributed by atoms with E-state index in [1.165, 1.54) is 4.90 Å². The zero-order valence-corrected chi connectivity index (χ0v) is 17.2. The van der Waals surface area contributed by atoms with Crippen LogP contribution in [-0.2, 0) is 6.61 Å². The van der Waals surface area contributed by atoms with Crippen LogP contribution in [0.5, 0.6) is 5.75 Å². The molecule has 0 aliphatic carbocycles. The van der Waals surface area contributed by atoms with E-state index in [4.69, 9.17) is 10.5 Å². The summed E-state index contributed by atoms with van der Waals surface area (Å²) in [5.74, 6) is 0.256. The molecule has 0 saturated heterocycles. The van der Waals surface area contributed by atoms with Crippen LogP contribution < -0.4 is 15.4 Å². The number of methoxy groups -OCH3 is 1. The summed E-state index contributed by atoms with van der Waals surface area (Å²) in [6, 6.07) is 20.4. The number of benzene rings is 3. The molecule has 7 heteroatoms. The summed E-state index contributed by atoms with van der Waals surface area (Å²) in [5.41, 5.74) is 9.78. The molecule has 156 valence electrons. The first-order chi connectivity index (χ1) is 15.0. The third kappa shape index (κ3) is 3.78. The van der Waals surface area contributed by atoms with E-state index in [1.54, 1.807) is 32.4 Å². The number of anilines is 2. The van der Waals surface area contributed by atoms with Crippen LogP contribution in [0.1, 0.15) is 16.1 Å². The van der Waals surface area contributed by atoms with Gasteiger partial charge in [0.05, 0.1) is 24.9 Å². The monoisotopic (exact) mass is 414 g/mol. The number of nitrogens with two attached hydrogens (primary N) is 1. The van der Waals surface area contributed by atoms with Gasteiger partial charge >= 0.3 is 0 Å². The van der Waals surface area contributed by atoms with E-state index >= 15 is 0 Å². The molecule has 1 amide bonds. The van der Waals surface area contributed by atoms with Gasteiger partial charge in [0.2, 0.25) is 5.95 Å². The molecule has 4 rings (SSSR count). The van der Waals surface area contributed by atoms with Crippen molar-refractivity contribution in [2.75, 3.05) is 24.8 Å². The molecular weight excluding hydrogens is 392 g/mol. The number of ether oxygens (including phenoxy) is 1. The van der Waals surface area contributed by atoms with Gasteiger partial charge in [-0.25, -0.2) is 9.97 Å². The molecule has 0 radical (unpaired) electrons. The van der Waals surface area contributed by atoms with E-state index in [0.717, 1.165) is 16.7 Å². The van der Waals surface area contributed by atoms with Gasteiger partial charge in [-0.05, 0) is 41.0 Å². The molecule has 0 atom stereocenters. The molecule has 0 fully saturated rings. The average molecular weight is 414 g/mol. The summed E-state index contributed by atoms with van der Waals surface area (Å²) < 4.78 is 5.39. The van der Waals surface area contributed by atoms with Crippen molar-refractivity contribution in [1.82, 2.24) is 9.97 Å². The number of hydrogen-bond donors (Lipinski definition) is 2. The number of carbonyl (C=O) groups is 1. The second-order valence-corrected chi connectivity index (χ2v) is 7.01.